The number of anilines is 1. The predicted molar refractivity (Wildman–Crippen MR) is 90.4 cm³/mol. The second-order valence-electron chi connectivity index (χ2n) is 4.06. The zero-order valence-electron chi connectivity index (χ0n) is 11.6. The van der Waals surface area contributed by atoms with Crippen molar-refractivity contribution in [3.05, 3.63) is 27.7 Å². The van der Waals surface area contributed by atoms with Crippen molar-refractivity contribution >= 4 is 59.2 Å². The van der Waals surface area contributed by atoms with Crippen LogP contribution in [0, 0.1) is 5.41 Å². The molecule has 0 spiro atoms. The van der Waals surface area contributed by atoms with Gasteiger partial charge in [0, 0.05) is 12.1 Å². The van der Waals surface area contributed by atoms with Crippen LogP contribution in [-0.4, -0.2) is 24.4 Å². The molecule has 0 aliphatic rings. The van der Waals surface area contributed by atoms with Crippen molar-refractivity contribution in [3.63, 3.8) is 0 Å². The molecule has 0 heterocycles. The number of hydrogen-bond acceptors (Lipinski definition) is 3. The molecule has 10 heteroatoms. The van der Waals surface area contributed by atoms with Crippen molar-refractivity contribution in [1.29, 1.82) is 5.41 Å². The summed E-state index contributed by atoms with van der Waals surface area (Å²) in [4.78, 5) is 23.3. The van der Waals surface area contributed by atoms with Crippen LogP contribution in [0.25, 0.3) is 0 Å². The number of benzene rings is 1. The second-order valence-corrected chi connectivity index (χ2v) is 4.88. The Kier molecular flexibility index (Phi) is 8.62. The molecular weight excluding hydrogens is 353 g/mol. The van der Waals surface area contributed by atoms with Crippen LogP contribution in [0.2, 0.25) is 10.0 Å². The summed E-state index contributed by atoms with van der Waals surface area (Å²) in [5.74, 6) is -1.11. The Balaban J connectivity index is 0.00000441. The van der Waals surface area contributed by atoms with E-state index in [0.29, 0.717) is 6.54 Å². The van der Waals surface area contributed by atoms with Crippen LogP contribution in [0.5, 0.6) is 0 Å². The number of amides is 3. The third kappa shape index (κ3) is 5.97. The molecule has 0 radical (unpaired) electrons. The van der Waals surface area contributed by atoms with Crippen molar-refractivity contribution in [2.75, 3.05) is 11.9 Å². The van der Waals surface area contributed by atoms with E-state index >= 15 is 0 Å². The molecule has 7 nitrogen and oxygen atoms in total. The molecule has 122 valence electrons. The first-order chi connectivity index (χ1) is 9.85. The number of rotatable bonds is 4. The summed E-state index contributed by atoms with van der Waals surface area (Å²) < 4.78 is 0. The van der Waals surface area contributed by atoms with Crippen molar-refractivity contribution in [1.82, 2.24) is 10.6 Å². The first-order valence-electron chi connectivity index (χ1n) is 6.04. The molecule has 0 bridgehead atoms. The van der Waals surface area contributed by atoms with Crippen LogP contribution >= 0.6 is 35.6 Å². The standard InChI is InChI=1S/C12H15Cl2N5O2.ClH/c1-2-3-17-12(21)18-9-7(13)4-6(5-8(9)14)10(20)19-11(15)16;/h4-5H,2-3H2,1H3,(H2,17,18,21)(H4,15,16,19,20);1H. The SMILES string of the molecule is CCCNC(=O)Nc1c(Cl)cc(C(=O)NC(=N)N)cc1Cl.Cl. The molecule has 0 saturated carbocycles. The van der Waals surface area contributed by atoms with E-state index in [4.69, 9.17) is 34.3 Å². The summed E-state index contributed by atoms with van der Waals surface area (Å²) in [5.41, 5.74) is 5.39. The van der Waals surface area contributed by atoms with Crippen LogP contribution in [0.15, 0.2) is 12.1 Å². The lowest BCUT2D eigenvalue weighted by Crippen LogP contribution is -2.35. The van der Waals surface area contributed by atoms with Gasteiger partial charge in [0.05, 0.1) is 15.7 Å². The van der Waals surface area contributed by atoms with Gasteiger partial charge in [-0.1, -0.05) is 30.1 Å². The molecule has 0 aliphatic heterocycles. The summed E-state index contributed by atoms with van der Waals surface area (Å²) in [7, 11) is 0. The normalized spacial score (nSPS) is 9.41. The van der Waals surface area contributed by atoms with E-state index in [2.05, 4.69) is 16.0 Å². The third-order valence-corrected chi connectivity index (χ3v) is 2.92. The summed E-state index contributed by atoms with van der Waals surface area (Å²) in [5, 5.41) is 14.4. The van der Waals surface area contributed by atoms with Crippen molar-refractivity contribution in [2.45, 2.75) is 13.3 Å². The molecule has 3 amide bonds. The molecule has 0 aromatic heterocycles. The van der Waals surface area contributed by atoms with Crippen LogP contribution in [0.4, 0.5) is 10.5 Å². The molecule has 0 saturated heterocycles. The number of carbonyl (C=O) groups excluding carboxylic acids is 2. The number of urea groups is 1. The molecule has 1 rings (SSSR count). The molecular formula is C12H16Cl3N5O2. The fourth-order valence-electron chi connectivity index (χ4n) is 1.41. The van der Waals surface area contributed by atoms with Gasteiger partial charge in [-0.05, 0) is 18.6 Å². The highest BCUT2D eigenvalue weighted by atomic mass is 35.5. The van der Waals surface area contributed by atoms with Gasteiger partial charge in [-0.15, -0.1) is 12.4 Å². The molecule has 0 atom stereocenters. The summed E-state index contributed by atoms with van der Waals surface area (Å²) in [6.07, 6.45) is 0.791. The number of guanidine groups is 1. The number of nitrogens with one attached hydrogen (secondary N) is 4. The van der Waals surface area contributed by atoms with Crippen molar-refractivity contribution in [3.8, 4) is 0 Å². The predicted octanol–water partition coefficient (Wildman–Crippen LogP) is 2.57. The van der Waals surface area contributed by atoms with Crippen LogP contribution in [0.3, 0.4) is 0 Å². The van der Waals surface area contributed by atoms with Gasteiger partial charge in [0.25, 0.3) is 5.91 Å². The molecule has 1 aromatic carbocycles. The second kappa shape index (κ2) is 9.34. The highest BCUT2D eigenvalue weighted by Crippen LogP contribution is 2.31. The van der Waals surface area contributed by atoms with Crippen molar-refractivity contribution < 1.29 is 9.59 Å². The minimum atomic E-state index is -0.617. The van der Waals surface area contributed by atoms with E-state index in [1.807, 2.05) is 6.92 Å². The van der Waals surface area contributed by atoms with E-state index in [-0.39, 0.29) is 33.7 Å². The average Bonchev–Trinajstić information content (AvgIpc) is 2.39. The number of halogens is 3. The van der Waals surface area contributed by atoms with Gasteiger partial charge < -0.3 is 16.4 Å². The topological polar surface area (TPSA) is 120 Å². The first kappa shape index (κ1) is 20.3. The molecule has 22 heavy (non-hydrogen) atoms. The number of hydrogen-bond donors (Lipinski definition) is 5. The van der Waals surface area contributed by atoms with E-state index in [1.54, 1.807) is 0 Å². The Morgan fingerprint density at radius 1 is 1.27 bits per heavy atom. The van der Waals surface area contributed by atoms with Gasteiger partial charge >= 0.3 is 6.03 Å². The first-order valence-corrected chi connectivity index (χ1v) is 6.80. The third-order valence-electron chi connectivity index (χ3n) is 2.33. The summed E-state index contributed by atoms with van der Waals surface area (Å²) in [6.45, 7) is 2.43. The largest absolute Gasteiger partial charge is 0.370 e. The lowest BCUT2D eigenvalue weighted by atomic mass is 10.2. The fourth-order valence-corrected chi connectivity index (χ4v) is 2.00. The van der Waals surface area contributed by atoms with Crippen LogP contribution < -0.4 is 21.7 Å². The Bertz CT molecular complexity index is 557. The van der Waals surface area contributed by atoms with Gasteiger partial charge in [-0.3, -0.25) is 15.5 Å². The minimum absolute atomic E-state index is 0. The van der Waals surface area contributed by atoms with Gasteiger partial charge in [-0.2, -0.15) is 0 Å². The lowest BCUT2D eigenvalue weighted by molar-refractivity contribution is 0.0976. The Morgan fingerprint density at radius 2 is 1.82 bits per heavy atom. The summed E-state index contributed by atoms with van der Waals surface area (Å²) in [6, 6.07) is 2.20. The number of carbonyl (C=O) groups is 2. The average molecular weight is 369 g/mol. The monoisotopic (exact) mass is 367 g/mol. The van der Waals surface area contributed by atoms with E-state index < -0.39 is 17.9 Å². The smallest absolute Gasteiger partial charge is 0.319 e. The molecule has 6 N–H and O–H groups in total. The quantitative estimate of drug-likeness (QED) is 0.415. The maximum atomic E-state index is 11.7. The van der Waals surface area contributed by atoms with Gasteiger partial charge in [0.15, 0.2) is 5.96 Å². The zero-order chi connectivity index (χ0) is 16.0. The molecule has 0 unspecified atom stereocenters. The summed E-state index contributed by atoms with van der Waals surface area (Å²) >= 11 is 12.0. The molecule has 0 aliphatic carbocycles. The van der Waals surface area contributed by atoms with Gasteiger partial charge in [-0.25, -0.2) is 4.79 Å². The fraction of sp³-hybridized carbons (Fsp3) is 0.250. The van der Waals surface area contributed by atoms with Gasteiger partial charge in [0.2, 0.25) is 0 Å². The highest BCUT2D eigenvalue weighted by Gasteiger charge is 2.15. The van der Waals surface area contributed by atoms with E-state index in [1.165, 1.54) is 12.1 Å². The molecule has 0 fully saturated rings. The maximum Gasteiger partial charge on any atom is 0.319 e. The van der Waals surface area contributed by atoms with Crippen LogP contribution in [-0.2, 0) is 0 Å². The zero-order valence-corrected chi connectivity index (χ0v) is 14.0. The Hall–Kier alpha value is -1.70. The Labute approximate surface area is 143 Å². The van der Waals surface area contributed by atoms with Gasteiger partial charge in [0.1, 0.15) is 0 Å². The lowest BCUT2D eigenvalue weighted by Gasteiger charge is -2.12. The van der Waals surface area contributed by atoms with E-state index in [0.717, 1.165) is 6.42 Å². The highest BCUT2D eigenvalue weighted by molar-refractivity contribution is 6.40. The molecule has 1 aromatic rings. The van der Waals surface area contributed by atoms with E-state index in [9.17, 15) is 9.59 Å². The van der Waals surface area contributed by atoms with Crippen molar-refractivity contribution in [2.24, 2.45) is 5.73 Å². The Morgan fingerprint density at radius 3 is 2.27 bits per heavy atom. The minimum Gasteiger partial charge on any atom is -0.370 e. The van der Waals surface area contributed by atoms with Crippen LogP contribution in [0.1, 0.15) is 23.7 Å². The number of nitrogens with two attached hydrogens (primary N) is 1. The maximum absolute atomic E-state index is 11.7.